The Morgan fingerprint density at radius 1 is 1.38 bits per heavy atom. The van der Waals surface area contributed by atoms with Gasteiger partial charge < -0.3 is 21.3 Å². The van der Waals surface area contributed by atoms with Crippen LogP contribution in [0.3, 0.4) is 0 Å². The Bertz CT molecular complexity index is 834. The number of hydrogen-bond acceptors (Lipinski definition) is 6. The van der Waals surface area contributed by atoms with E-state index in [1.165, 1.54) is 30.5 Å². The second-order valence-corrected chi connectivity index (χ2v) is 6.32. The van der Waals surface area contributed by atoms with Crippen LogP contribution in [0.25, 0.3) is 0 Å². The van der Waals surface area contributed by atoms with Crippen molar-refractivity contribution in [3.05, 3.63) is 47.1 Å². The SMILES string of the molecule is N#CCC1(n2cc(C(N)=O)c(Nc3ccc(F)cc3)n2)CCN([O-])CC1. The third-order valence-corrected chi connectivity index (χ3v) is 4.63. The summed E-state index contributed by atoms with van der Waals surface area (Å²) in [7, 11) is 0. The van der Waals surface area contributed by atoms with Gasteiger partial charge in [0.1, 0.15) is 11.4 Å². The Hall–Kier alpha value is -2.96. The van der Waals surface area contributed by atoms with Crippen LogP contribution in [0.15, 0.2) is 30.5 Å². The molecule has 136 valence electrons. The van der Waals surface area contributed by atoms with Crippen molar-refractivity contribution >= 4 is 17.4 Å². The summed E-state index contributed by atoms with van der Waals surface area (Å²) in [4.78, 5) is 11.8. The number of piperidine rings is 1. The number of carbonyl (C=O) groups excluding carboxylic acids is 1. The highest BCUT2D eigenvalue weighted by atomic mass is 19.1. The second kappa shape index (κ2) is 7.11. The highest BCUT2D eigenvalue weighted by Crippen LogP contribution is 2.34. The van der Waals surface area contributed by atoms with Gasteiger partial charge in [0.2, 0.25) is 0 Å². The third kappa shape index (κ3) is 3.51. The molecule has 0 spiro atoms. The average Bonchev–Trinajstić information content (AvgIpc) is 3.04. The van der Waals surface area contributed by atoms with Crippen molar-refractivity contribution in [3.8, 4) is 6.07 Å². The molecule has 3 rings (SSSR count). The minimum atomic E-state index is -0.672. The number of hydroxylamine groups is 2. The first-order chi connectivity index (χ1) is 12.4. The Labute approximate surface area is 149 Å². The van der Waals surface area contributed by atoms with Gasteiger partial charge in [-0.1, -0.05) is 0 Å². The summed E-state index contributed by atoms with van der Waals surface area (Å²) in [6, 6.07) is 7.74. The molecule has 1 aliphatic rings. The smallest absolute Gasteiger partial charge is 0.254 e. The number of hydrogen-bond donors (Lipinski definition) is 2. The molecule has 9 heteroatoms. The number of halogens is 1. The summed E-state index contributed by atoms with van der Waals surface area (Å²) in [6.07, 6.45) is 2.56. The number of nitrogens with two attached hydrogens (primary N) is 1. The van der Waals surface area contributed by atoms with Crippen molar-refractivity contribution in [3.63, 3.8) is 0 Å². The molecule has 0 bridgehead atoms. The van der Waals surface area contributed by atoms with Crippen molar-refractivity contribution in [1.82, 2.24) is 14.8 Å². The van der Waals surface area contributed by atoms with Gasteiger partial charge in [0, 0.05) is 11.9 Å². The summed E-state index contributed by atoms with van der Waals surface area (Å²) in [6.45, 7) is 0.572. The van der Waals surface area contributed by atoms with E-state index in [1.807, 2.05) is 0 Å². The van der Waals surface area contributed by atoms with Gasteiger partial charge in [-0.25, -0.2) is 4.39 Å². The number of benzene rings is 1. The molecule has 0 atom stereocenters. The van der Waals surface area contributed by atoms with Crippen LogP contribution in [0.2, 0.25) is 0 Å². The highest BCUT2D eigenvalue weighted by molar-refractivity contribution is 5.98. The van der Waals surface area contributed by atoms with Gasteiger partial charge >= 0.3 is 0 Å². The van der Waals surface area contributed by atoms with Crippen LogP contribution in [-0.2, 0) is 5.54 Å². The van der Waals surface area contributed by atoms with E-state index in [4.69, 9.17) is 5.73 Å². The molecule has 8 nitrogen and oxygen atoms in total. The van der Waals surface area contributed by atoms with Gasteiger partial charge in [-0.3, -0.25) is 9.48 Å². The number of amides is 1. The number of nitrogens with one attached hydrogen (secondary N) is 1. The molecule has 3 N–H and O–H groups in total. The first kappa shape index (κ1) is 17.8. The zero-order valence-electron chi connectivity index (χ0n) is 14.0. The average molecular weight is 357 g/mol. The van der Waals surface area contributed by atoms with Crippen LogP contribution in [-0.4, -0.2) is 33.8 Å². The molecule has 0 unspecified atom stereocenters. The minimum absolute atomic E-state index is 0.163. The van der Waals surface area contributed by atoms with Gasteiger partial charge in [0.15, 0.2) is 5.82 Å². The maximum Gasteiger partial charge on any atom is 0.254 e. The van der Waals surface area contributed by atoms with E-state index in [0.29, 0.717) is 18.5 Å². The maximum atomic E-state index is 13.1. The van der Waals surface area contributed by atoms with Crippen molar-refractivity contribution in [2.45, 2.75) is 24.8 Å². The number of nitrogens with zero attached hydrogens (tertiary/aromatic N) is 4. The lowest BCUT2D eigenvalue weighted by Gasteiger charge is -2.43. The summed E-state index contributed by atoms with van der Waals surface area (Å²) in [5, 5.41) is 29.1. The molecular formula is C17H18FN6O2-. The lowest BCUT2D eigenvalue weighted by atomic mass is 9.85. The van der Waals surface area contributed by atoms with Crippen LogP contribution in [0.5, 0.6) is 0 Å². The molecule has 0 radical (unpaired) electrons. The molecule has 1 aliphatic heterocycles. The van der Waals surface area contributed by atoms with Gasteiger partial charge in [-0.2, -0.15) is 10.4 Å². The molecule has 1 fully saturated rings. The van der Waals surface area contributed by atoms with Gasteiger partial charge in [0.05, 0.1) is 18.0 Å². The van der Waals surface area contributed by atoms with E-state index in [0.717, 1.165) is 5.06 Å². The predicted octanol–water partition coefficient (Wildman–Crippen LogP) is 2.07. The van der Waals surface area contributed by atoms with Gasteiger partial charge in [-0.05, 0) is 50.2 Å². The quantitative estimate of drug-likeness (QED) is 0.844. The topological polar surface area (TPSA) is 123 Å². The number of aromatic nitrogens is 2. The van der Waals surface area contributed by atoms with Gasteiger partial charge in [0.25, 0.3) is 5.91 Å². The molecule has 26 heavy (non-hydrogen) atoms. The van der Waals surface area contributed by atoms with E-state index in [1.54, 1.807) is 4.68 Å². The van der Waals surface area contributed by atoms with E-state index in [2.05, 4.69) is 16.5 Å². The zero-order chi connectivity index (χ0) is 18.7. The van der Waals surface area contributed by atoms with Gasteiger partial charge in [-0.15, -0.1) is 0 Å². The van der Waals surface area contributed by atoms with E-state index >= 15 is 0 Å². The number of carbonyl (C=O) groups is 1. The molecule has 1 aromatic heterocycles. The van der Waals surface area contributed by atoms with E-state index in [-0.39, 0.29) is 36.7 Å². The van der Waals surface area contributed by atoms with Crippen LogP contribution >= 0.6 is 0 Å². The Morgan fingerprint density at radius 2 is 2.04 bits per heavy atom. The maximum absolute atomic E-state index is 13.1. The zero-order valence-corrected chi connectivity index (χ0v) is 14.0. The molecule has 1 aromatic carbocycles. The molecule has 2 aromatic rings. The molecule has 1 amide bonds. The Kier molecular flexibility index (Phi) is 4.88. The standard InChI is InChI=1S/C17H18FN6O2/c18-12-1-3-13(4-2-12)21-16-14(15(20)25)11-24(22-16)17(5-8-19)6-9-23(26)10-7-17/h1-4,11H,5-7,9-10H2,(H2,20,25)(H,21,22)/q-1. The summed E-state index contributed by atoms with van der Waals surface area (Å²) in [5.74, 6) is -0.825. The number of anilines is 2. The summed E-state index contributed by atoms with van der Waals surface area (Å²) < 4.78 is 14.6. The predicted molar refractivity (Wildman–Crippen MR) is 92.8 cm³/mol. The number of primary amides is 1. The fourth-order valence-electron chi connectivity index (χ4n) is 3.10. The molecular weight excluding hydrogens is 339 g/mol. The molecule has 0 saturated carbocycles. The Balaban J connectivity index is 1.96. The van der Waals surface area contributed by atoms with E-state index in [9.17, 15) is 19.7 Å². The van der Waals surface area contributed by atoms with Crippen LogP contribution < -0.4 is 11.1 Å². The van der Waals surface area contributed by atoms with Crippen LogP contribution in [0.1, 0.15) is 29.6 Å². The fourth-order valence-corrected chi connectivity index (χ4v) is 3.10. The monoisotopic (exact) mass is 357 g/mol. The van der Waals surface area contributed by atoms with Crippen LogP contribution in [0.4, 0.5) is 15.9 Å². The summed E-state index contributed by atoms with van der Waals surface area (Å²) in [5.41, 5.74) is 5.50. The normalized spacial score (nSPS) is 16.8. The molecule has 1 saturated heterocycles. The largest absolute Gasteiger partial charge is 0.785 e. The van der Waals surface area contributed by atoms with Crippen molar-refractivity contribution in [2.75, 3.05) is 18.4 Å². The third-order valence-electron chi connectivity index (χ3n) is 4.63. The molecule has 2 heterocycles. The van der Waals surface area contributed by atoms with Crippen molar-refractivity contribution < 1.29 is 9.18 Å². The number of rotatable bonds is 5. The molecule has 0 aliphatic carbocycles. The lowest BCUT2D eigenvalue weighted by molar-refractivity contribution is 0.0999. The number of nitriles is 1. The van der Waals surface area contributed by atoms with Crippen molar-refractivity contribution in [1.29, 1.82) is 5.26 Å². The minimum Gasteiger partial charge on any atom is -0.785 e. The first-order valence-electron chi connectivity index (χ1n) is 8.15. The Morgan fingerprint density at radius 3 is 2.62 bits per heavy atom. The first-order valence-corrected chi connectivity index (χ1v) is 8.15. The van der Waals surface area contributed by atoms with E-state index < -0.39 is 11.4 Å². The highest BCUT2D eigenvalue weighted by Gasteiger charge is 2.36. The van der Waals surface area contributed by atoms with Crippen LogP contribution in [0, 0.1) is 22.4 Å². The second-order valence-electron chi connectivity index (χ2n) is 6.32. The fraction of sp³-hybridized carbons (Fsp3) is 0.353. The van der Waals surface area contributed by atoms with Crippen molar-refractivity contribution in [2.24, 2.45) is 5.73 Å². The summed E-state index contributed by atoms with van der Waals surface area (Å²) >= 11 is 0. The lowest BCUT2D eigenvalue weighted by Crippen LogP contribution is -2.44.